The molecule has 0 aromatic heterocycles. The molecule has 1 aromatic carbocycles. The van der Waals surface area contributed by atoms with Crippen molar-refractivity contribution in [1.29, 1.82) is 0 Å². The molecule has 98 valence electrons. The van der Waals surface area contributed by atoms with Gasteiger partial charge in [0.1, 0.15) is 0 Å². The molecule has 2 amide bonds. The van der Waals surface area contributed by atoms with Crippen LogP contribution >= 0.6 is 0 Å². The summed E-state index contributed by atoms with van der Waals surface area (Å²) in [5.41, 5.74) is 2.90. The van der Waals surface area contributed by atoms with Gasteiger partial charge in [0.2, 0.25) is 11.8 Å². The molecule has 0 bridgehead atoms. The number of fused-ring (bicyclic) bond motifs is 1. The first-order valence-corrected chi connectivity index (χ1v) is 6.49. The van der Waals surface area contributed by atoms with Crippen molar-refractivity contribution >= 4 is 17.5 Å². The van der Waals surface area contributed by atoms with Gasteiger partial charge in [0.25, 0.3) is 0 Å². The first-order valence-electron chi connectivity index (χ1n) is 6.49. The molecule has 2 aliphatic heterocycles. The van der Waals surface area contributed by atoms with Crippen LogP contribution in [0.25, 0.3) is 0 Å². The molecule has 0 radical (unpaired) electrons. The van der Waals surface area contributed by atoms with Gasteiger partial charge < -0.3 is 10.2 Å². The van der Waals surface area contributed by atoms with Crippen molar-refractivity contribution in [1.82, 2.24) is 4.90 Å². The summed E-state index contributed by atoms with van der Waals surface area (Å²) < 4.78 is 0. The van der Waals surface area contributed by atoms with Gasteiger partial charge in [0.15, 0.2) is 0 Å². The number of nitrogens with one attached hydrogen (secondary N) is 1. The Hall–Kier alpha value is -2.10. The highest BCUT2D eigenvalue weighted by Crippen LogP contribution is 2.35. The number of hydrogen-bond donors (Lipinski definition) is 1. The second-order valence-corrected chi connectivity index (χ2v) is 5.11. The number of rotatable bonds is 2. The van der Waals surface area contributed by atoms with Crippen LogP contribution in [0, 0.1) is 6.92 Å². The first-order chi connectivity index (χ1) is 9.15. The van der Waals surface area contributed by atoms with Gasteiger partial charge in [0, 0.05) is 25.2 Å². The van der Waals surface area contributed by atoms with E-state index in [4.69, 9.17) is 0 Å². The minimum absolute atomic E-state index is 0.0403. The van der Waals surface area contributed by atoms with E-state index < -0.39 is 0 Å². The zero-order valence-corrected chi connectivity index (χ0v) is 10.8. The van der Waals surface area contributed by atoms with Gasteiger partial charge in [-0.2, -0.15) is 0 Å². The van der Waals surface area contributed by atoms with E-state index in [0.717, 1.165) is 16.8 Å². The maximum Gasteiger partial charge on any atom is 0.232 e. The minimum Gasteiger partial charge on any atom is -0.335 e. The Labute approximate surface area is 112 Å². The predicted octanol–water partition coefficient (Wildman–Crippen LogP) is 1.82. The Bertz CT molecular complexity index is 570. The summed E-state index contributed by atoms with van der Waals surface area (Å²) in [5, 5.41) is 2.86. The molecule has 1 atom stereocenters. The van der Waals surface area contributed by atoms with Crippen LogP contribution in [-0.4, -0.2) is 29.8 Å². The highest BCUT2D eigenvalue weighted by Gasteiger charge is 2.33. The Balaban J connectivity index is 1.78. The predicted molar refractivity (Wildman–Crippen MR) is 72.9 cm³/mol. The standard InChI is InChI=1S/C15H16N2O2/c1-10-4-5-11-12(15(19)16-13(11)8-10)9-14(18)17-6-2-3-7-17/h2-5,8,12H,6-7,9H2,1H3,(H,16,19)/t12-/m0/s1. The van der Waals surface area contributed by atoms with Gasteiger partial charge in [-0.05, 0) is 24.1 Å². The van der Waals surface area contributed by atoms with E-state index in [1.54, 1.807) is 4.90 Å². The smallest absolute Gasteiger partial charge is 0.232 e. The number of benzene rings is 1. The van der Waals surface area contributed by atoms with E-state index in [0.29, 0.717) is 13.1 Å². The van der Waals surface area contributed by atoms with Crippen LogP contribution in [-0.2, 0) is 9.59 Å². The molecule has 1 aromatic rings. The van der Waals surface area contributed by atoms with Crippen LogP contribution in [0.3, 0.4) is 0 Å². The fourth-order valence-corrected chi connectivity index (χ4v) is 2.63. The van der Waals surface area contributed by atoms with Gasteiger partial charge >= 0.3 is 0 Å². The topological polar surface area (TPSA) is 49.4 Å². The molecule has 0 saturated heterocycles. The lowest BCUT2D eigenvalue weighted by atomic mass is 9.96. The molecule has 0 saturated carbocycles. The summed E-state index contributed by atoms with van der Waals surface area (Å²) in [6.45, 7) is 3.31. The van der Waals surface area contributed by atoms with E-state index in [-0.39, 0.29) is 24.2 Å². The number of carbonyl (C=O) groups excluding carboxylic acids is 2. The van der Waals surface area contributed by atoms with Gasteiger partial charge in [0.05, 0.1) is 5.92 Å². The zero-order valence-electron chi connectivity index (χ0n) is 10.8. The third kappa shape index (κ3) is 2.14. The number of anilines is 1. The third-order valence-corrected chi connectivity index (χ3v) is 3.71. The van der Waals surface area contributed by atoms with Gasteiger partial charge in [-0.3, -0.25) is 9.59 Å². The summed E-state index contributed by atoms with van der Waals surface area (Å²) in [6, 6.07) is 5.88. The van der Waals surface area contributed by atoms with E-state index in [9.17, 15) is 9.59 Å². The van der Waals surface area contributed by atoms with Crippen LogP contribution in [0.15, 0.2) is 30.4 Å². The average Bonchev–Trinajstić information content (AvgIpc) is 2.98. The lowest BCUT2D eigenvalue weighted by Gasteiger charge is -2.17. The molecular formula is C15H16N2O2. The molecular weight excluding hydrogens is 240 g/mol. The van der Waals surface area contributed by atoms with Crippen molar-refractivity contribution in [2.75, 3.05) is 18.4 Å². The second-order valence-electron chi connectivity index (χ2n) is 5.11. The summed E-state index contributed by atoms with van der Waals surface area (Å²) in [4.78, 5) is 25.9. The molecule has 0 fully saturated rings. The van der Waals surface area contributed by atoms with Crippen molar-refractivity contribution in [2.45, 2.75) is 19.3 Å². The number of amides is 2. The lowest BCUT2D eigenvalue weighted by molar-refractivity contribution is -0.132. The van der Waals surface area contributed by atoms with E-state index in [1.165, 1.54) is 0 Å². The largest absolute Gasteiger partial charge is 0.335 e. The maximum atomic E-state index is 12.1. The van der Waals surface area contributed by atoms with Crippen LogP contribution in [0.5, 0.6) is 0 Å². The molecule has 19 heavy (non-hydrogen) atoms. The van der Waals surface area contributed by atoms with Crippen LogP contribution in [0.1, 0.15) is 23.5 Å². The minimum atomic E-state index is -0.344. The Morgan fingerprint density at radius 3 is 2.84 bits per heavy atom. The molecule has 0 unspecified atom stereocenters. The Morgan fingerprint density at radius 1 is 1.37 bits per heavy atom. The van der Waals surface area contributed by atoms with Crippen molar-refractivity contribution < 1.29 is 9.59 Å². The summed E-state index contributed by atoms with van der Waals surface area (Å²) in [5.74, 6) is -0.372. The zero-order chi connectivity index (χ0) is 13.4. The van der Waals surface area contributed by atoms with Crippen LogP contribution in [0.4, 0.5) is 5.69 Å². The number of aryl methyl sites for hydroxylation is 1. The molecule has 2 aliphatic rings. The van der Waals surface area contributed by atoms with Gasteiger partial charge in [-0.15, -0.1) is 0 Å². The van der Waals surface area contributed by atoms with Gasteiger partial charge in [-0.25, -0.2) is 0 Å². The van der Waals surface area contributed by atoms with E-state index in [2.05, 4.69) is 5.32 Å². The molecule has 4 nitrogen and oxygen atoms in total. The molecule has 0 aliphatic carbocycles. The van der Waals surface area contributed by atoms with Gasteiger partial charge in [-0.1, -0.05) is 24.3 Å². The quantitative estimate of drug-likeness (QED) is 0.820. The Kier molecular flexibility index (Phi) is 2.85. The van der Waals surface area contributed by atoms with Crippen molar-refractivity contribution in [2.24, 2.45) is 0 Å². The summed E-state index contributed by atoms with van der Waals surface area (Å²) in [6.07, 6.45) is 4.21. The highest BCUT2D eigenvalue weighted by atomic mass is 16.2. The third-order valence-electron chi connectivity index (χ3n) is 3.71. The first kappa shape index (κ1) is 12.0. The second kappa shape index (κ2) is 4.53. The molecule has 3 rings (SSSR count). The molecule has 1 N–H and O–H groups in total. The fourth-order valence-electron chi connectivity index (χ4n) is 2.63. The number of hydrogen-bond acceptors (Lipinski definition) is 2. The summed E-state index contributed by atoms with van der Waals surface area (Å²) >= 11 is 0. The SMILES string of the molecule is Cc1ccc2c(c1)NC(=O)[C@H]2CC(=O)N1CC=CC1. The molecule has 0 spiro atoms. The fraction of sp³-hybridized carbons (Fsp3) is 0.333. The Morgan fingerprint density at radius 2 is 2.11 bits per heavy atom. The maximum absolute atomic E-state index is 12.1. The summed E-state index contributed by atoms with van der Waals surface area (Å²) in [7, 11) is 0. The molecule has 4 heteroatoms. The number of nitrogens with zero attached hydrogens (tertiary/aromatic N) is 1. The van der Waals surface area contributed by atoms with Crippen molar-refractivity contribution in [3.8, 4) is 0 Å². The van der Waals surface area contributed by atoms with Crippen molar-refractivity contribution in [3.05, 3.63) is 41.5 Å². The monoisotopic (exact) mass is 256 g/mol. The normalized spacial score (nSPS) is 20.6. The van der Waals surface area contributed by atoms with E-state index >= 15 is 0 Å². The lowest BCUT2D eigenvalue weighted by Crippen LogP contribution is -2.30. The van der Waals surface area contributed by atoms with E-state index in [1.807, 2.05) is 37.3 Å². The van der Waals surface area contributed by atoms with Crippen molar-refractivity contribution in [3.63, 3.8) is 0 Å². The van der Waals surface area contributed by atoms with Crippen LogP contribution in [0.2, 0.25) is 0 Å². The number of carbonyl (C=O) groups is 2. The molecule has 2 heterocycles. The average molecular weight is 256 g/mol. The van der Waals surface area contributed by atoms with Crippen LogP contribution < -0.4 is 5.32 Å². The highest BCUT2D eigenvalue weighted by molar-refractivity contribution is 6.05.